The number of hydrogen-bond donors (Lipinski definition) is 1. The average molecular weight is 212 g/mol. The van der Waals surface area contributed by atoms with E-state index >= 15 is 0 Å². The van der Waals surface area contributed by atoms with Gasteiger partial charge in [0.2, 0.25) is 5.91 Å². The van der Waals surface area contributed by atoms with Crippen LogP contribution in [0.2, 0.25) is 0 Å². The smallest absolute Gasteiger partial charge is 0.239 e. The number of nitrogens with two attached hydrogens (primary N) is 1. The van der Waals surface area contributed by atoms with E-state index in [0.29, 0.717) is 38.3 Å². The van der Waals surface area contributed by atoms with Gasteiger partial charge in [0, 0.05) is 25.9 Å². The zero-order valence-electron chi connectivity index (χ0n) is 9.53. The maximum atomic E-state index is 11.8. The second-order valence-corrected chi connectivity index (χ2v) is 4.60. The lowest BCUT2D eigenvalue weighted by molar-refractivity contribution is -0.136. The van der Waals surface area contributed by atoms with Crippen molar-refractivity contribution in [2.24, 2.45) is 11.7 Å². The molecule has 0 aromatic rings. The Morgan fingerprint density at radius 2 is 1.93 bits per heavy atom. The van der Waals surface area contributed by atoms with Crippen LogP contribution in [0.1, 0.15) is 33.1 Å². The van der Waals surface area contributed by atoms with Gasteiger partial charge in [0.1, 0.15) is 5.78 Å². The number of hydrogen-bond acceptors (Lipinski definition) is 3. The van der Waals surface area contributed by atoms with Crippen molar-refractivity contribution in [3.8, 4) is 0 Å². The first-order chi connectivity index (χ1) is 7.00. The standard InChI is InChI=1S/C11H20N2O2/c1-8(2)7-10(12)11(15)13-5-3-9(14)4-6-13/h8,10H,3-7,12H2,1-2H3/t10-/m0/s1. The molecule has 86 valence electrons. The Morgan fingerprint density at radius 1 is 1.40 bits per heavy atom. The van der Waals surface area contributed by atoms with Crippen LogP contribution in [0.4, 0.5) is 0 Å². The number of piperidine rings is 1. The molecule has 1 amide bonds. The van der Waals surface area contributed by atoms with Crippen molar-refractivity contribution in [3.63, 3.8) is 0 Å². The second kappa shape index (κ2) is 5.26. The van der Waals surface area contributed by atoms with E-state index in [1.807, 2.05) is 13.8 Å². The van der Waals surface area contributed by atoms with E-state index in [9.17, 15) is 9.59 Å². The van der Waals surface area contributed by atoms with Crippen LogP contribution in [0.5, 0.6) is 0 Å². The van der Waals surface area contributed by atoms with Gasteiger partial charge in [0.25, 0.3) is 0 Å². The number of carbonyl (C=O) groups excluding carboxylic acids is 2. The number of amides is 1. The lowest BCUT2D eigenvalue weighted by atomic mass is 10.0. The lowest BCUT2D eigenvalue weighted by Crippen LogP contribution is -2.47. The van der Waals surface area contributed by atoms with Crippen LogP contribution in [-0.4, -0.2) is 35.7 Å². The second-order valence-electron chi connectivity index (χ2n) is 4.60. The van der Waals surface area contributed by atoms with E-state index in [4.69, 9.17) is 5.73 Å². The summed E-state index contributed by atoms with van der Waals surface area (Å²) in [7, 11) is 0. The van der Waals surface area contributed by atoms with Crippen LogP contribution in [0, 0.1) is 5.92 Å². The van der Waals surface area contributed by atoms with Gasteiger partial charge in [-0.15, -0.1) is 0 Å². The number of Topliss-reactive ketones (excluding diaryl/α,β-unsaturated/α-hetero) is 1. The number of likely N-dealkylation sites (tertiary alicyclic amines) is 1. The Bertz CT molecular complexity index is 241. The fourth-order valence-corrected chi connectivity index (χ4v) is 1.82. The van der Waals surface area contributed by atoms with E-state index in [1.54, 1.807) is 4.90 Å². The molecule has 0 saturated carbocycles. The van der Waals surface area contributed by atoms with Gasteiger partial charge in [0.15, 0.2) is 0 Å². The minimum atomic E-state index is -0.404. The highest BCUT2D eigenvalue weighted by Crippen LogP contribution is 2.10. The van der Waals surface area contributed by atoms with Crippen LogP contribution in [-0.2, 0) is 9.59 Å². The first-order valence-electron chi connectivity index (χ1n) is 5.56. The normalized spacial score (nSPS) is 19.5. The van der Waals surface area contributed by atoms with Crippen molar-refractivity contribution in [1.29, 1.82) is 0 Å². The maximum absolute atomic E-state index is 11.8. The van der Waals surface area contributed by atoms with Gasteiger partial charge in [-0.2, -0.15) is 0 Å². The van der Waals surface area contributed by atoms with Crippen molar-refractivity contribution >= 4 is 11.7 Å². The van der Waals surface area contributed by atoms with E-state index in [2.05, 4.69) is 0 Å². The Labute approximate surface area is 90.8 Å². The van der Waals surface area contributed by atoms with E-state index < -0.39 is 6.04 Å². The van der Waals surface area contributed by atoms with Crippen molar-refractivity contribution in [2.75, 3.05) is 13.1 Å². The van der Waals surface area contributed by atoms with Gasteiger partial charge in [-0.05, 0) is 12.3 Å². The van der Waals surface area contributed by atoms with Crippen LogP contribution in [0.15, 0.2) is 0 Å². The summed E-state index contributed by atoms with van der Waals surface area (Å²) >= 11 is 0. The van der Waals surface area contributed by atoms with Crippen molar-refractivity contribution < 1.29 is 9.59 Å². The summed E-state index contributed by atoms with van der Waals surface area (Å²) < 4.78 is 0. The van der Waals surface area contributed by atoms with E-state index in [1.165, 1.54) is 0 Å². The van der Waals surface area contributed by atoms with Gasteiger partial charge >= 0.3 is 0 Å². The molecule has 0 aliphatic carbocycles. The minimum Gasteiger partial charge on any atom is -0.340 e. The van der Waals surface area contributed by atoms with Gasteiger partial charge in [-0.25, -0.2) is 0 Å². The predicted octanol–water partition coefficient (Wildman–Crippen LogP) is 0.551. The van der Waals surface area contributed by atoms with Crippen molar-refractivity contribution in [3.05, 3.63) is 0 Å². The molecule has 0 unspecified atom stereocenters. The molecule has 4 heteroatoms. The summed E-state index contributed by atoms with van der Waals surface area (Å²) in [5.74, 6) is 0.669. The van der Waals surface area contributed by atoms with E-state index in [0.717, 1.165) is 0 Å². The van der Waals surface area contributed by atoms with Crippen molar-refractivity contribution in [2.45, 2.75) is 39.2 Å². The third kappa shape index (κ3) is 3.63. The Hall–Kier alpha value is -0.900. The molecule has 0 aromatic carbocycles. The Kier molecular flexibility index (Phi) is 4.27. The highest BCUT2D eigenvalue weighted by molar-refractivity contribution is 5.85. The molecule has 1 atom stereocenters. The molecule has 1 aliphatic heterocycles. The quantitative estimate of drug-likeness (QED) is 0.743. The first-order valence-corrected chi connectivity index (χ1v) is 5.56. The highest BCUT2D eigenvalue weighted by Gasteiger charge is 2.25. The molecular formula is C11H20N2O2. The predicted molar refractivity (Wildman–Crippen MR) is 58.3 cm³/mol. The molecule has 1 heterocycles. The van der Waals surface area contributed by atoms with Crippen LogP contribution >= 0.6 is 0 Å². The maximum Gasteiger partial charge on any atom is 0.239 e. The molecule has 0 aromatic heterocycles. The number of rotatable bonds is 3. The Balaban J connectivity index is 2.42. The molecule has 0 bridgehead atoms. The highest BCUT2D eigenvalue weighted by atomic mass is 16.2. The molecule has 0 spiro atoms. The zero-order chi connectivity index (χ0) is 11.4. The van der Waals surface area contributed by atoms with E-state index in [-0.39, 0.29) is 11.7 Å². The molecule has 1 saturated heterocycles. The monoisotopic (exact) mass is 212 g/mol. The Morgan fingerprint density at radius 3 is 2.40 bits per heavy atom. The third-order valence-corrected chi connectivity index (χ3v) is 2.68. The fraction of sp³-hybridized carbons (Fsp3) is 0.818. The van der Waals surface area contributed by atoms with Crippen LogP contribution < -0.4 is 5.73 Å². The number of carbonyl (C=O) groups is 2. The van der Waals surface area contributed by atoms with Crippen molar-refractivity contribution in [1.82, 2.24) is 4.90 Å². The molecule has 2 N–H and O–H groups in total. The molecule has 1 fully saturated rings. The van der Waals surface area contributed by atoms with Gasteiger partial charge in [0.05, 0.1) is 6.04 Å². The fourth-order valence-electron chi connectivity index (χ4n) is 1.82. The topological polar surface area (TPSA) is 63.4 Å². The molecule has 15 heavy (non-hydrogen) atoms. The van der Waals surface area contributed by atoms with Crippen LogP contribution in [0.25, 0.3) is 0 Å². The summed E-state index contributed by atoms with van der Waals surface area (Å²) in [5.41, 5.74) is 5.81. The summed E-state index contributed by atoms with van der Waals surface area (Å²) in [6, 6.07) is -0.404. The third-order valence-electron chi connectivity index (χ3n) is 2.68. The van der Waals surface area contributed by atoms with Gasteiger partial charge < -0.3 is 10.6 Å². The van der Waals surface area contributed by atoms with Crippen LogP contribution in [0.3, 0.4) is 0 Å². The summed E-state index contributed by atoms with van der Waals surface area (Å²) in [6.07, 6.45) is 1.68. The van der Waals surface area contributed by atoms with Gasteiger partial charge in [-0.3, -0.25) is 9.59 Å². The SMILES string of the molecule is CC(C)C[C@H](N)C(=O)N1CCC(=O)CC1. The lowest BCUT2D eigenvalue weighted by Gasteiger charge is -2.29. The summed E-state index contributed by atoms with van der Waals surface area (Å²) in [4.78, 5) is 24.6. The average Bonchev–Trinajstić information content (AvgIpc) is 2.17. The molecule has 0 radical (unpaired) electrons. The first kappa shape index (κ1) is 12.2. The molecule has 1 aliphatic rings. The largest absolute Gasteiger partial charge is 0.340 e. The van der Waals surface area contributed by atoms with Gasteiger partial charge in [-0.1, -0.05) is 13.8 Å². The zero-order valence-corrected chi connectivity index (χ0v) is 9.53. The number of ketones is 1. The summed E-state index contributed by atoms with van der Waals surface area (Å²) in [5, 5.41) is 0. The number of nitrogens with zero attached hydrogens (tertiary/aromatic N) is 1. The molecular weight excluding hydrogens is 192 g/mol. The summed E-state index contributed by atoms with van der Waals surface area (Å²) in [6.45, 7) is 5.19. The molecule has 1 rings (SSSR count). The molecule has 4 nitrogen and oxygen atoms in total. The minimum absolute atomic E-state index is 0.00352.